The summed E-state index contributed by atoms with van der Waals surface area (Å²) in [5.74, 6) is -0.203. The molecule has 1 amide bonds. The lowest BCUT2D eigenvalue weighted by Gasteiger charge is -2.13. The molecular weight excluding hydrogens is 226 g/mol. The van der Waals surface area contributed by atoms with E-state index < -0.39 is 0 Å². The highest BCUT2D eigenvalue weighted by molar-refractivity contribution is 6.33. The largest absolute Gasteiger partial charge is 0.396 e. The van der Waals surface area contributed by atoms with Crippen LogP contribution in [-0.4, -0.2) is 23.7 Å². The minimum atomic E-state index is -0.203. The van der Waals surface area contributed by atoms with Gasteiger partial charge in [-0.1, -0.05) is 17.7 Å². The lowest BCUT2D eigenvalue weighted by atomic mass is 10.1. The van der Waals surface area contributed by atoms with Crippen LogP contribution in [0.25, 0.3) is 0 Å². The zero-order valence-corrected chi connectivity index (χ0v) is 10.2. The van der Waals surface area contributed by atoms with Gasteiger partial charge < -0.3 is 10.4 Å². The highest BCUT2D eigenvalue weighted by Gasteiger charge is 2.12. The van der Waals surface area contributed by atoms with Crippen molar-refractivity contribution in [3.05, 3.63) is 34.3 Å². The average molecular weight is 242 g/mol. The van der Waals surface area contributed by atoms with Crippen molar-refractivity contribution in [1.82, 2.24) is 5.32 Å². The topological polar surface area (TPSA) is 49.3 Å². The quantitative estimate of drug-likeness (QED) is 0.849. The van der Waals surface area contributed by atoms with Gasteiger partial charge in [0.15, 0.2) is 0 Å². The maximum absolute atomic E-state index is 11.8. The predicted molar refractivity (Wildman–Crippen MR) is 64.8 cm³/mol. The van der Waals surface area contributed by atoms with Crippen LogP contribution in [0.2, 0.25) is 5.02 Å². The molecule has 0 aromatic heterocycles. The summed E-state index contributed by atoms with van der Waals surface area (Å²) in [6.07, 6.45) is 0.537. The molecule has 16 heavy (non-hydrogen) atoms. The lowest BCUT2D eigenvalue weighted by molar-refractivity contribution is 0.0934. The monoisotopic (exact) mass is 241 g/mol. The molecule has 0 aliphatic heterocycles. The molecule has 1 aromatic carbocycles. The summed E-state index contributed by atoms with van der Waals surface area (Å²) < 4.78 is 0. The summed E-state index contributed by atoms with van der Waals surface area (Å²) in [4.78, 5) is 11.8. The van der Waals surface area contributed by atoms with Crippen molar-refractivity contribution in [3.8, 4) is 0 Å². The van der Waals surface area contributed by atoms with Crippen LogP contribution in [0.3, 0.4) is 0 Å². The van der Waals surface area contributed by atoms with Gasteiger partial charge in [0.1, 0.15) is 0 Å². The number of carbonyl (C=O) groups is 1. The van der Waals surface area contributed by atoms with Gasteiger partial charge in [-0.25, -0.2) is 0 Å². The van der Waals surface area contributed by atoms with Gasteiger partial charge in [0.2, 0.25) is 0 Å². The van der Waals surface area contributed by atoms with Crippen molar-refractivity contribution >= 4 is 17.5 Å². The SMILES string of the molecule is Cc1ccc(C(=O)NC(C)CCO)c(Cl)c1. The molecule has 0 saturated heterocycles. The van der Waals surface area contributed by atoms with Crippen LogP contribution in [0.1, 0.15) is 29.3 Å². The standard InChI is InChI=1S/C12H16ClNO2/c1-8-3-4-10(11(13)7-8)12(16)14-9(2)5-6-15/h3-4,7,9,15H,5-6H2,1-2H3,(H,14,16). The van der Waals surface area contributed by atoms with Gasteiger partial charge in [-0.15, -0.1) is 0 Å². The zero-order chi connectivity index (χ0) is 12.1. The number of halogens is 1. The maximum Gasteiger partial charge on any atom is 0.253 e. The Kier molecular flexibility index (Phi) is 4.77. The number of aryl methyl sites for hydroxylation is 1. The van der Waals surface area contributed by atoms with Crippen molar-refractivity contribution in [2.75, 3.05) is 6.61 Å². The Hall–Kier alpha value is -1.06. The van der Waals surface area contributed by atoms with Crippen LogP contribution in [0.4, 0.5) is 0 Å². The maximum atomic E-state index is 11.8. The zero-order valence-electron chi connectivity index (χ0n) is 9.46. The molecule has 0 saturated carbocycles. The van der Waals surface area contributed by atoms with Crippen LogP contribution in [0, 0.1) is 6.92 Å². The van der Waals surface area contributed by atoms with E-state index in [1.807, 2.05) is 19.9 Å². The van der Waals surface area contributed by atoms with E-state index in [1.165, 1.54) is 0 Å². The molecule has 1 rings (SSSR count). The molecule has 3 nitrogen and oxygen atoms in total. The van der Waals surface area contributed by atoms with Crippen molar-refractivity contribution in [3.63, 3.8) is 0 Å². The fraction of sp³-hybridized carbons (Fsp3) is 0.417. The summed E-state index contributed by atoms with van der Waals surface area (Å²) in [5, 5.41) is 12.0. The van der Waals surface area contributed by atoms with Crippen molar-refractivity contribution in [2.45, 2.75) is 26.3 Å². The fourth-order valence-electron chi connectivity index (χ4n) is 1.37. The molecule has 1 atom stereocenters. The molecular formula is C12H16ClNO2. The molecule has 0 heterocycles. The first kappa shape index (κ1) is 13.0. The average Bonchev–Trinajstić information content (AvgIpc) is 2.17. The second kappa shape index (κ2) is 5.87. The van der Waals surface area contributed by atoms with Crippen LogP contribution >= 0.6 is 11.6 Å². The second-order valence-corrected chi connectivity index (χ2v) is 4.28. The number of hydrogen-bond donors (Lipinski definition) is 2. The summed E-state index contributed by atoms with van der Waals surface area (Å²) in [5.41, 5.74) is 1.49. The highest BCUT2D eigenvalue weighted by Crippen LogP contribution is 2.17. The summed E-state index contributed by atoms with van der Waals surface area (Å²) in [6.45, 7) is 3.82. The Morgan fingerprint density at radius 1 is 1.56 bits per heavy atom. The summed E-state index contributed by atoms with van der Waals surface area (Å²) >= 11 is 5.97. The van der Waals surface area contributed by atoms with E-state index >= 15 is 0 Å². The Morgan fingerprint density at radius 2 is 2.25 bits per heavy atom. The van der Waals surface area contributed by atoms with Gasteiger partial charge in [-0.3, -0.25) is 4.79 Å². The van der Waals surface area contributed by atoms with E-state index in [9.17, 15) is 4.79 Å². The normalized spacial score (nSPS) is 12.2. The highest BCUT2D eigenvalue weighted by atomic mass is 35.5. The number of carbonyl (C=O) groups excluding carboxylic acids is 1. The molecule has 0 aliphatic rings. The van der Waals surface area contributed by atoms with Gasteiger partial charge in [-0.05, 0) is 38.0 Å². The van der Waals surface area contributed by atoms with E-state index in [0.29, 0.717) is 17.0 Å². The molecule has 1 aromatic rings. The molecule has 2 N–H and O–H groups in total. The van der Waals surface area contributed by atoms with E-state index in [-0.39, 0.29) is 18.6 Å². The van der Waals surface area contributed by atoms with Gasteiger partial charge in [0.25, 0.3) is 5.91 Å². The van der Waals surface area contributed by atoms with E-state index in [0.717, 1.165) is 5.56 Å². The third-order valence-corrected chi connectivity index (χ3v) is 2.62. The van der Waals surface area contributed by atoms with Crippen LogP contribution in [0.5, 0.6) is 0 Å². The van der Waals surface area contributed by atoms with Gasteiger partial charge in [-0.2, -0.15) is 0 Å². The Morgan fingerprint density at radius 3 is 2.81 bits per heavy atom. The van der Waals surface area contributed by atoms with E-state index in [1.54, 1.807) is 12.1 Å². The molecule has 0 radical (unpaired) electrons. The predicted octanol–water partition coefficient (Wildman–Crippen LogP) is 2.15. The smallest absolute Gasteiger partial charge is 0.253 e. The number of benzene rings is 1. The van der Waals surface area contributed by atoms with Crippen LogP contribution < -0.4 is 5.32 Å². The molecule has 1 unspecified atom stereocenters. The Balaban J connectivity index is 2.73. The number of nitrogens with one attached hydrogen (secondary N) is 1. The molecule has 0 bridgehead atoms. The van der Waals surface area contributed by atoms with Crippen molar-refractivity contribution in [1.29, 1.82) is 0 Å². The first-order valence-corrected chi connectivity index (χ1v) is 5.60. The van der Waals surface area contributed by atoms with Crippen LogP contribution in [-0.2, 0) is 0 Å². The number of aliphatic hydroxyl groups is 1. The minimum Gasteiger partial charge on any atom is -0.396 e. The number of rotatable bonds is 4. The number of amides is 1. The molecule has 0 aliphatic carbocycles. The first-order valence-electron chi connectivity index (χ1n) is 5.22. The van der Waals surface area contributed by atoms with E-state index in [2.05, 4.69) is 5.32 Å². The van der Waals surface area contributed by atoms with Gasteiger partial charge in [0, 0.05) is 12.6 Å². The lowest BCUT2D eigenvalue weighted by Crippen LogP contribution is -2.33. The molecule has 4 heteroatoms. The third kappa shape index (κ3) is 3.51. The van der Waals surface area contributed by atoms with E-state index in [4.69, 9.17) is 16.7 Å². The van der Waals surface area contributed by atoms with Gasteiger partial charge >= 0.3 is 0 Å². The summed E-state index contributed by atoms with van der Waals surface area (Å²) in [6, 6.07) is 5.25. The van der Waals surface area contributed by atoms with Gasteiger partial charge in [0.05, 0.1) is 10.6 Å². The Labute approximate surface area is 100 Å². The fourth-order valence-corrected chi connectivity index (χ4v) is 1.69. The Bertz CT molecular complexity index is 379. The summed E-state index contributed by atoms with van der Waals surface area (Å²) in [7, 11) is 0. The van der Waals surface area contributed by atoms with Crippen molar-refractivity contribution < 1.29 is 9.90 Å². The second-order valence-electron chi connectivity index (χ2n) is 3.87. The molecule has 0 fully saturated rings. The first-order chi connectivity index (χ1) is 7.54. The number of hydrogen-bond acceptors (Lipinski definition) is 2. The third-order valence-electron chi connectivity index (χ3n) is 2.31. The number of aliphatic hydroxyl groups excluding tert-OH is 1. The van der Waals surface area contributed by atoms with Crippen molar-refractivity contribution in [2.24, 2.45) is 0 Å². The minimum absolute atomic E-state index is 0.0586. The van der Waals surface area contributed by atoms with Crippen LogP contribution in [0.15, 0.2) is 18.2 Å². The molecule has 0 spiro atoms. The molecule has 88 valence electrons.